The Labute approximate surface area is 161 Å². The Morgan fingerprint density at radius 3 is 2.65 bits per heavy atom. The predicted molar refractivity (Wildman–Crippen MR) is 110 cm³/mol. The fourth-order valence-electron chi connectivity index (χ4n) is 3.92. The molecule has 26 heavy (non-hydrogen) atoms. The summed E-state index contributed by atoms with van der Waals surface area (Å²) in [5, 5.41) is 7.10. The van der Waals surface area contributed by atoms with Crippen LogP contribution >= 0.6 is 11.8 Å². The Morgan fingerprint density at radius 1 is 1.19 bits per heavy atom. The molecule has 2 aliphatic rings. The average molecular weight is 377 g/mol. The summed E-state index contributed by atoms with van der Waals surface area (Å²) < 4.78 is 0. The van der Waals surface area contributed by atoms with Gasteiger partial charge in [-0.05, 0) is 50.2 Å². The number of benzene rings is 1. The fourth-order valence-corrected chi connectivity index (χ4v) is 4.88. The minimum absolute atomic E-state index is 0.155. The molecule has 0 aromatic heterocycles. The van der Waals surface area contributed by atoms with Crippen LogP contribution in [0.2, 0.25) is 0 Å². The number of hydrogen-bond acceptors (Lipinski definition) is 5. The van der Waals surface area contributed by atoms with Crippen LogP contribution in [0.4, 0.5) is 5.69 Å². The van der Waals surface area contributed by atoms with Gasteiger partial charge < -0.3 is 21.3 Å². The van der Waals surface area contributed by atoms with E-state index in [0.29, 0.717) is 12.0 Å². The van der Waals surface area contributed by atoms with E-state index in [2.05, 4.69) is 34.9 Å². The van der Waals surface area contributed by atoms with Crippen molar-refractivity contribution >= 4 is 23.4 Å². The molecule has 1 aromatic rings. The Hall–Kier alpha value is -1.24. The summed E-state index contributed by atoms with van der Waals surface area (Å²) in [5.41, 5.74) is 7.37. The maximum absolute atomic E-state index is 12.3. The van der Waals surface area contributed by atoms with Gasteiger partial charge in [0.2, 0.25) is 5.91 Å². The summed E-state index contributed by atoms with van der Waals surface area (Å²) in [5.74, 6) is 2.63. The Kier molecular flexibility index (Phi) is 7.65. The van der Waals surface area contributed by atoms with Gasteiger partial charge in [-0.2, -0.15) is 0 Å². The highest BCUT2D eigenvalue weighted by Crippen LogP contribution is 2.28. The summed E-state index contributed by atoms with van der Waals surface area (Å²) in [6.45, 7) is 2.79. The first kappa shape index (κ1) is 19.5. The smallest absolute Gasteiger partial charge is 0.240 e. The topological polar surface area (TPSA) is 70.4 Å². The number of nitrogens with one attached hydrogen (secondary N) is 2. The molecule has 0 spiro atoms. The van der Waals surface area contributed by atoms with Gasteiger partial charge in [0.05, 0.1) is 11.9 Å². The van der Waals surface area contributed by atoms with Crippen molar-refractivity contribution in [3.05, 3.63) is 30.3 Å². The fraction of sp³-hybridized carbons (Fsp3) is 0.650. The Balaban J connectivity index is 1.28. The number of nitrogens with two attached hydrogens (primary N) is 1. The molecule has 0 bridgehead atoms. The van der Waals surface area contributed by atoms with Crippen molar-refractivity contribution in [2.45, 2.75) is 44.2 Å². The number of anilines is 1. The lowest BCUT2D eigenvalue weighted by Gasteiger charge is -2.31. The van der Waals surface area contributed by atoms with Crippen LogP contribution in [0.15, 0.2) is 30.3 Å². The van der Waals surface area contributed by atoms with Gasteiger partial charge in [-0.1, -0.05) is 18.2 Å². The van der Waals surface area contributed by atoms with Crippen LogP contribution in [0.3, 0.4) is 0 Å². The normalized spacial score (nSPS) is 24.4. The van der Waals surface area contributed by atoms with Gasteiger partial charge in [-0.15, -0.1) is 11.8 Å². The van der Waals surface area contributed by atoms with Crippen molar-refractivity contribution in [1.29, 1.82) is 0 Å². The minimum atomic E-state index is -0.307. The minimum Gasteiger partial charge on any atom is -0.384 e. The highest BCUT2D eigenvalue weighted by molar-refractivity contribution is 7.99. The van der Waals surface area contributed by atoms with E-state index in [1.54, 1.807) is 0 Å². The third kappa shape index (κ3) is 5.89. The van der Waals surface area contributed by atoms with Crippen LogP contribution in [0.25, 0.3) is 0 Å². The van der Waals surface area contributed by atoms with Gasteiger partial charge in [0.25, 0.3) is 0 Å². The van der Waals surface area contributed by atoms with Crippen molar-refractivity contribution in [3.8, 4) is 0 Å². The maximum atomic E-state index is 12.3. The van der Waals surface area contributed by atoms with Crippen LogP contribution in [0.5, 0.6) is 0 Å². The first-order valence-corrected chi connectivity index (χ1v) is 11.0. The number of hydrogen-bond donors (Lipinski definition) is 3. The second-order valence-electron chi connectivity index (χ2n) is 7.45. The van der Waals surface area contributed by atoms with Crippen molar-refractivity contribution in [2.75, 3.05) is 36.6 Å². The van der Waals surface area contributed by atoms with Crippen molar-refractivity contribution in [2.24, 2.45) is 11.7 Å². The Bertz CT molecular complexity index is 542. The number of para-hydroxylation sites is 1. The number of amides is 1. The molecule has 1 saturated heterocycles. The highest BCUT2D eigenvalue weighted by atomic mass is 32.2. The summed E-state index contributed by atoms with van der Waals surface area (Å²) in [6, 6.07) is 10.6. The lowest BCUT2D eigenvalue weighted by molar-refractivity contribution is -0.131. The second-order valence-corrected chi connectivity index (χ2v) is 8.52. The molecule has 0 radical (unpaired) electrons. The van der Waals surface area contributed by atoms with E-state index in [4.69, 9.17) is 5.73 Å². The average Bonchev–Trinajstić information content (AvgIpc) is 3.21. The molecule has 1 aliphatic carbocycles. The number of carbonyl (C=O) groups excluding carboxylic acids is 1. The maximum Gasteiger partial charge on any atom is 0.240 e. The lowest BCUT2D eigenvalue weighted by atomic mass is 9.82. The molecule has 1 heterocycles. The highest BCUT2D eigenvalue weighted by Gasteiger charge is 2.28. The zero-order valence-electron chi connectivity index (χ0n) is 15.5. The van der Waals surface area contributed by atoms with Crippen LogP contribution < -0.4 is 16.4 Å². The zero-order chi connectivity index (χ0) is 18.2. The molecule has 5 nitrogen and oxygen atoms in total. The van der Waals surface area contributed by atoms with Gasteiger partial charge in [0.15, 0.2) is 0 Å². The first-order chi connectivity index (χ1) is 12.7. The third-order valence-electron chi connectivity index (χ3n) is 5.48. The number of carbonyl (C=O) groups is 1. The molecule has 1 aliphatic heterocycles. The third-order valence-corrected chi connectivity index (χ3v) is 6.44. The summed E-state index contributed by atoms with van der Waals surface area (Å²) in [4.78, 5) is 14.3. The van der Waals surface area contributed by atoms with Crippen molar-refractivity contribution in [1.82, 2.24) is 10.2 Å². The Morgan fingerprint density at radius 2 is 1.96 bits per heavy atom. The van der Waals surface area contributed by atoms with Crippen LogP contribution in [-0.2, 0) is 4.79 Å². The van der Waals surface area contributed by atoms with Crippen molar-refractivity contribution < 1.29 is 4.79 Å². The largest absolute Gasteiger partial charge is 0.384 e. The first-order valence-electron chi connectivity index (χ1n) is 9.87. The molecule has 1 aromatic carbocycles. The lowest BCUT2D eigenvalue weighted by Crippen LogP contribution is -2.44. The molecule has 1 atom stereocenters. The van der Waals surface area contributed by atoms with E-state index in [9.17, 15) is 4.79 Å². The molecule has 3 rings (SSSR count). The molecule has 4 N–H and O–H groups in total. The summed E-state index contributed by atoms with van der Waals surface area (Å²) in [7, 11) is 0. The van der Waals surface area contributed by atoms with E-state index in [-0.39, 0.29) is 11.9 Å². The van der Waals surface area contributed by atoms with Gasteiger partial charge in [0.1, 0.15) is 0 Å². The van der Waals surface area contributed by atoms with E-state index in [1.807, 2.05) is 22.7 Å². The predicted octanol–water partition coefficient (Wildman–Crippen LogP) is 2.50. The molecular weight excluding hydrogens is 344 g/mol. The number of nitrogens with zero attached hydrogens (tertiary/aromatic N) is 1. The van der Waals surface area contributed by atoms with Crippen LogP contribution in [0, 0.1) is 5.92 Å². The molecule has 0 unspecified atom stereocenters. The van der Waals surface area contributed by atoms with E-state index in [1.165, 1.54) is 31.4 Å². The van der Waals surface area contributed by atoms with E-state index < -0.39 is 0 Å². The zero-order valence-corrected chi connectivity index (χ0v) is 16.3. The van der Waals surface area contributed by atoms with Crippen molar-refractivity contribution in [3.63, 3.8) is 0 Å². The van der Waals surface area contributed by atoms with E-state index >= 15 is 0 Å². The number of rotatable bonds is 8. The molecule has 1 saturated carbocycles. The second kappa shape index (κ2) is 10.2. The molecule has 1 amide bonds. The molecule has 6 heteroatoms. The number of thioether (sulfide) groups is 1. The van der Waals surface area contributed by atoms with Crippen LogP contribution in [-0.4, -0.2) is 54.2 Å². The standard InChI is InChI=1S/C20H32N4OS/c21-19(20(25)24-12-13-26-15-24)14-16-6-8-18(9-7-16)23-11-10-22-17-4-2-1-3-5-17/h1-5,16,18-19,22-23H,6-15,21H2/t16?,18?,19-/m0/s1. The van der Waals surface area contributed by atoms with Gasteiger partial charge in [0, 0.05) is 37.1 Å². The van der Waals surface area contributed by atoms with Gasteiger partial charge in [-0.3, -0.25) is 4.79 Å². The molecule has 144 valence electrons. The van der Waals surface area contributed by atoms with Gasteiger partial charge >= 0.3 is 0 Å². The SMILES string of the molecule is N[C@@H](CC1CCC(NCCNc2ccccc2)CC1)C(=O)N1CCSC1. The van der Waals surface area contributed by atoms with Crippen LogP contribution in [0.1, 0.15) is 32.1 Å². The molecule has 2 fully saturated rings. The molecular formula is C20H32N4OS. The van der Waals surface area contributed by atoms with Gasteiger partial charge in [-0.25, -0.2) is 0 Å². The van der Waals surface area contributed by atoms with E-state index in [0.717, 1.165) is 37.7 Å². The summed E-state index contributed by atoms with van der Waals surface area (Å²) >= 11 is 1.82. The quantitative estimate of drug-likeness (QED) is 0.608. The monoisotopic (exact) mass is 376 g/mol. The summed E-state index contributed by atoms with van der Waals surface area (Å²) in [6.07, 6.45) is 5.59.